The van der Waals surface area contributed by atoms with Crippen LogP contribution in [0.3, 0.4) is 0 Å². The second-order valence-corrected chi connectivity index (χ2v) is 19.7. The summed E-state index contributed by atoms with van der Waals surface area (Å²) in [6, 6.07) is 25.3. The van der Waals surface area contributed by atoms with E-state index in [-0.39, 0.29) is 128 Å². The molecule has 10 rings (SSSR count). The molecule has 450 valence electrons. The average Bonchev–Trinajstić information content (AvgIpc) is 3.69. The predicted molar refractivity (Wildman–Crippen MR) is 335 cm³/mol. The molecule has 0 spiro atoms. The number of carbonyl (C=O) groups excluding carboxylic acids is 2. The minimum Gasteiger partial charge on any atom is -1.00 e. The van der Waals surface area contributed by atoms with Crippen LogP contribution >= 0.6 is 94.0 Å². The van der Waals surface area contributed by atoms with Gasteiger partial charge in [0, 0.05) is 97.9 Å². The van der Waals surface area contributed by atoms with E-state index in [2.05, 4.69) is 70.1 Å². The maximum atomic E-state index is 11.7. The van der Waals surface area contributed by atoms with Crippen molar-refractivity contribution in [1.29, 1.82) is 0 Å². The zero-order valence-electron chi connectivity index (χ0n) is 49.0. The Morgan fingerprint density at radius 1 is 0.584 bits per heavy atom. The molecule has 2 N–H and O–H groups in total. The third-order valence-corrected chi connectivity index (χ3v) is 12.9. The number of nitrogens with one attached hydrogen (secondary N) is 1. The SMILES string of the molecule is CN(C)C(=O)c1ccn(-c2ncccc2Cl)n1.CN(C)C(=S)c1cc(C(=O)O)n(-c2ncccc2Cl)n1.CN(C)C(=S)c1ccn(-c2ncccc2Cl)n1.Clc1cccnc1Cl.O=CO[O-].[C-]#[N+]c1ccn(-c2ncccc2Cl)n1.[C-]#[N+]c1ccn[nH]1.[H-].[K+].[K+]. The van der Waals surface area contributed by atoms with Crippen LogP contribution < -0.4 is 108 Å². The summed E-state index contributed by atoms with van der Waals surface area (Å²) in [5.41, 5.74) is 1.41. The van der Waals surface area contributed by atoms with E-state index >= 15 is 0 Å². The summed E-state index contributed by atoms with van der Waals surface area (Å²) in [5.74, 6) is 1.41. The second kappa shape index (κ2) is 41.4. The summed E-state index contributed by atoms with van der Waals surface area (Å²) >= 11 is 45.4. The smallest absolute Gasteiger partial charge is 1.00 e. The quantitative estimate of drug-likeness (QED) is 0.0393. The average molecular weight is 1410 g/mol. The van der Waals surface area contributed by atoms with E-state index in [9.17, 15) is 14.7 Å². The van der Waals surface area contributed by atoms with Gasteiger partial charge in [0.05, 0.1) is 31.3 Å². The Bertz CT molecular complexity index is 3880. The predicted octanol–water partition coefficient (Wildman–Crippen LogP) is 4.01. The van der Waals surface area contributed by atoms with Gasteiger partial charge >= 0.3 is 109 Å². The first-order valence-electron chi connectivity index (χ1n) is 23.9. The summed E-state index contributed by atoms with van der Waals surface area (Å²) in [6.45, 7) is 13.0. The Labute approximate surface area is 636 Å². The monoisotopic (exact) mass is 1410 g/mol. The van der Waals surface area contributed by atoms with Crippen molar-refractivity contribution in [2.75, 3.05) is 42.3 Å². The van der Waals surface area contributed by atoms with Gasteiger partial charge in [-0.2, -0.15) is 15.3 Å². The van der Waals surface area contributed by atoms with Gasteiger partial charge in [0.1, 0.15) is 26.5 Å². The fraction of sp³-hybridized carbons (Fsp3) is 0.113. The molecule has 0 aromatic carbocycles. The van der Waals surface area contributed by atoms with Crippen molar-refractivity contribution in [2.45, 2.75) is 0 Å². The number of aromatic nitrogens is 15. The Hall–Kier alpha value is -6.06. The third-order valence-electron chi connectivity index (χ3n) is 9.84. The Morgan fingerprint density at radius 3 is 1.35 bits per heavy atom. The molecule has 26 nitrogen and oxygen atoms in total. The van der Waals surface area contributed by atoms with Crippen LogP contribution in [0.5, 0.6) is 0 Å². The molecule has 0 bridgehead atoms. The van der Waals surface area contributed by atoms with Crippen molar-refractivity contribution in [1.82, 2.24) is 88.9 Å². The Balaban J connectivity index is 0.000000543. The minimum absolute atomic E-state index is 0. The van der Waals surface area contributed by atoms with E-state index in [0.29, 0.717) is 80.7 Å². The molecule has 0 saturated carbocycles. The number of aromatic amines is 1. The number of hydrogen-bond donors (Lipinski definition) is 2. The maximum Gasteiger partial charge on any atom is 1.00 e. The van der Waals surface area contributed by atoms with Crippen molar-refractivity contribution in [3.8, 4) is 23.3 Å². The van der Waals surface area contributed by atoms with Gasteiger partial charge in [-0.15, -0.1) is 9.78 Å². The number of hydrogen-bond acceptors (Lipinski definition) is 17. The van der Waals surface area contributed by atoms with Gasteiger partial charge in [0.25, 0.3) is 18.2 Å². The van der Waals surface area contributed by atoms with Gasteiger partial charge in [0.2, 0.25) is 5.82 Å². The zero-order chi connectivity index (χ0) is 64.2. The number of carboxylic acids is 1. The standard InChI is InChI=1S/C12H11ClN4O2S.C11H11ClN4O.C11H11ClN4S.C9H5ClN4.C5H3Cl2N.C4H3N3.CH2O3.2K.H/c1-16(2)11(20)8-6-9(12(18)19)17(15-8)10-7(13)4-3-5-14-10;2*1-15(2)11(17)9-5-7-16(14-9)10-8(12)4-3-6-13-10;1-11-8-4-6-14(13-8)9-7(10)3-2-5-12-9;6-4-2-1-3-8-5(4)7;1-5-4-2-3-6-7-4;2-1-4-3;;;/h3-6H,1-2H3,(H,18,19);2*3-7H,1-2H3;2-6H;1-3H;2-3H,(H,6,7);1,3H;;;/q;;;;;;;2*+1;-1/p-1. The normalized spacial score (nSPS) is 9.47. The number of halogens is 6. The molecule has 10 aromatic rings. The van der Waals surface area contributed by atoms with Crippen molar-refractivity contribution in [3.63, 3.8) is 0 Å². The van der Waals surface area contributed by atoms with E-state index in [4.69, 9.17) is 117 Å². The molecule has 0 aliphatic rings. The maximum absolute atomic E-state index is 11.7. The summed E-state index contributed by atoms with van der Waals surface area (Å²) in [7, 11) is 10.6. The van der Waals surface area contributed by atoms with Crippen LogP contribution in [0, 0.1) is 13.1 Å². The van der Waals surface area contributed by atoms with Crippen LogP contribution in [0.2, 0.25) is 30.3 Å². The number of rotatable bonds is 9. The van der Waals surface area contributed by atoms with Crippen molar-refractivity contribution in [2.24, 2.45) is 0 Å². The number of amides is 1. The number of pyridine rings is 5. The van der Waals surface area contributed by atoms with Crippen LogP contribution in [0.25, 0.3) is 33.0 Å². The molecule has 0 aliphatic heterocycles. The first-order valence-corrected chi connectivity index (χ1v) is 27.0. The molecule has 0 unspecified atom stereocenters. The van der Waals surface area contributed by atoms with Gasteiger partial charge in [-0.1, -0.05) is 107 Å². The van der Waals surface area contributed by atoms with E-state index in [1.54, 1.807) is 166 Å². The van der Waals surface area contributed by atoms with E-state index < -0.39 is 5.97 Å². The van der Waals surface area contributed by atoms with Crippen molar-refractivity contribution >= 4 is 134 Å². The van der Waals surface area contributed by atoms with E-state index in [1.165, 1.54) is 31.2 Å². The molecule has 0 saturated heterocycles. The Morgan fingerprint density at radius 2 is 1.00 bits per heavy atom. The van der Waals surface area contributed by atoms with Gasteiger partial charge in [0.15, 0.2) is 34.7 Å². The molecule has 10 aromatic heterocycles. The van der Waals surface area contributed by atoms with Crippen LogP contribution in [-0.4, -0.2) is 165 Å². The molecule has 10 heterocycles. The molecule has 0 aliphatic carbocycles. The summed E-state index contributed by atoms with van der Waals surface area (Å²) in [6.07, 6.45) is 14.7. The summed E-state index contributed by atoms with van der Waals surface area (Å²) in [4.78, 5) is 66.7. The molecular weight excluding hydrogens is 1370 g/mol. The van der Waals surface area contributed by atoms with Gasteiger partial charge in [-0.3, -0.25) is 9.59 Å². The van der Waals surface area contributed by atoms with Crippen LogP contribution in [0.4, 0.5) is 11.6 Å². The van der Waals surface area contributed by atoms with Crippen LogP contribution in [-0.2, 0) is 9.68 Å². The van der Waals surface area contributed by atoms with Crippen LogP contribution in [0.1, 0.15) is 33.8 Å². The molecule has 0 radical (unpaired) electrons. The number of thiocarbonyl (C=S) groups is 2. The number of aromatic carboxylic acids is 1. The van der Waals surface area contributed by atoms with Gasteiger partial charge in [-0.05, 0) is 90.0 Å². The van der Waals surface area contributed by atoms with Crippen LogP contribution in [0.15, 0.2) is 147 Å². The largest absolute Gasteiger partial charge is 1.00 e. The third kappa shape index (κ3) is 25.3. The van der Waals surface area contributed by atoms with Crippen molar-refractivity contribution < 1.29 is 134 Å². The molecule has 0 atom stereocenters. The first-order chi connectivity index (χ1) is 41.6. The Kier molecular flexibility index (Phi) is 36.7. The molecule has 36 heteroatoms. The van der Waals surface area contributed by atoms with Crippen molar-refractivity contribution in [3.05, 3.63) is 223 Å². The van der Waals surface area contributed by atoms with E-state index in [1.807, 2.05) is 25.1 Å². The zero-order valence-corrected chi connectivity index (χ0v) is 60.4. The molecular formula is C53H46Cl6K2N20O6S2. The van der Waals surface area contributed by atoms with E-state index in [0.717, 1.165) is 5.69 Å². The second-order valence-electron chi connectivity index (χ2n) is 16.5. The fourth-order valence-corrected chi connectivity index (χ4v) is 7.21. The number of nitrogens with zero attached hydrogens (tertiary/aromatic N) is 19. The number of H-pyrrole nitrogens is 1. The molecule has 1 amide bonds. The fourth-order valence-electron chi connectivity index (χ4n) is 5.94. The minimum atomic E-state index is -1.13. The first kappa shape index (κ1) is 79.0. The molecule has 0 fully saturated rings. The summed E-state index contributed by atoms with van der Waals surface area (Å²) < 4.78 is 5.76. The number of carbonyl (C=O) groups is 3. The van der Waals surface area contributed by atoms with Gasteiger partial charge < -0.3 is 41.1 Å². The number of carboxylic acid groups (broad SMARTS) is 1. The van der Waals surface area contributed by atoms with Gasteiger partial charge in [-0.25, -0.2) is 48.9 Å². The summed E-state index contributed by atoms with van der Waals surface area (Å²) in [5, 5.41) is 43.1. The topological polar surface area (TPSA) is 287 Å². The molecule has 89 heavy (non-hydrogen) atoms.